The molecule has 1 amide bonds. The van der Waals surface area contributed by atoms with Crippen LogP contribution in [0.1, 0.15) is 55.5 Å². The van der Waals surface area contributed by atoms with Gasteiger partial charge in [0.2, 0.25) is 5.91 Å². The number of piperidine rings is 1. The molecule has 4 nitrogen and oxygen atoms in total. The lowest BCUT2D eigenvalue weighted by Crippen LogP contribution is -2.37. The number of carbonyl (C=O) groups is 2. The van der Waals surface area contributed by atoms with Crippen LogP contribution in [0.4, 0.5) is 5.69 Å². The molecule has 130 valence electrons. The van der Waals surface area contributed by atoms with E-state index in [2.05, 4.69) is 24.0 Å². The Morgan fingerprint density at radius 2 is 1.92 bits per heavy atom. The molecule has 0 N–H and O–H groups in total. The predicted octanol–water partition coefficient (Wildman–Crippen LogP) is 3.29. The number of fused-ring (bicyclic) bond motifs is 1. The average Bonchev–Trinajstić information content (AvgIpc) is 3.02. The number of likely N-dealkylation sites (tertiary alicyclic amines) is 1. The minimum atomic E-state index is 0.170. The Balaban J connectivity index is 1.52. The van der Waals surface area contributed by atoms with Crippen LogP contribution in [-0.4, -0.2) is 42.8 Å². The highest BCUT2D eigenvalue weighted by Gasteiger charge is 2.22. The molecular weight excluding hydrogens is 300 g/mol. The largest absolute Gasteiger partial charge is 0.371 e. The summed E-state index contributed by atoms with van der Waals surface area (Å²) < 4.78 is 0. The molecule has 2 aliphatic rings. The highest BCUT2D eigenvalue weighted by molar-refractivity contribution is 5.96. The Hall–Kier alpha value is -1.84. The molecule has 0 aliphatic carbocycles. The van der Waals surface area contributed by atoms with E-state index >= 15 is 0 Å². The zero-order valence-corrected chi connectivity index (χ0v) is 14.9. The third-order valence-electron chi connectivity index (χ3n) is 5.61. The number of anilines is 1. The number of nitrogens with zero attached hydrogens (tertiary/aromatic N) is 2. The standard InChI is InChI=1S/C20H28N2O2/c1-3-21-13-10-17-14-18(5-6-19(17)21)20(24)7-4-16-8-11-22(12-9-16)15(2)23/h5-6,14,16H,3-4,7-13H2,1-2H3. The summed E-state index contributed by atoms with van der Waals surface area (Å²) in [5, 5.41) is 0. The zero-order valence-electron chi connectivity index (χ0n) is 14.9. The molecule has 0 unspecified atom stereocenters. The van der Waals surface area contributed by atoms with Gasteiger partial charge in [-0.2, -0.15) is 0 Å². The Bertz CT molecular complexity index is 618. The van der Waals surface area contributed by atoms with Crippen LogP contribution in [0, 0.1) is 5.92 Å². The average molecular weight is 328 g/mol. The molecule has 1 aromatic carbocycles. The Labute approximate surface area is 144 Å². The molecule has 0 bridgehead atoms. The molecule has 1 fully saturated rings. The molecule has 0 atom stereocenters. The third-order valence-corrected chi connectivity index (χ3v) is 5.61. The van der Waals surface area contributed by atoms with Gasteiger partial charge in [-0.05, 0) is 62.3 Å². The summed E-state index contributed by atoms with van der Waals surface area (Å²) in [6, 6.07) is 6.21. The van der Waals surface area contributed by atoms with Gasteiger partial charge >= 0.3 is 0 Å². The Kier molecular flexibility index (Phi) is 5.22. The van der Waals surface area contributed by atoms with Crippen LogP contribution in [-0.2, 0) is 11.2 Å². The normalized spacial score (nSPS) is 17.9. The summed E-state index contributed by atoms with van der Waals surface area (Å²) in [6.07, 6.45) is 4.68. The van der Waals surface area contributed by atoms with Gasteiger partial charge in [-0.3, -0.25) is 9.59 Å². The number of likely N-dealkylation sites (N-methyl/N-ethyl adjacent to an activating group) is 1. The van der Waals surface area contributed by atoms with E-state index in [1.54, 1.807) is 6.92 Å². The first-order chi connectivity index (χ1) is 11.6. The van der Waals surface area contributed by atoms with Crippen molar-refractivity contribution in [2.75, 3.05) is 31.1 Å². The van der Waals surface area contributed by atoms with E-state index < -0.39 is 0 Å². The van der Waals surface area contributed by atoms with Crippen molar-refractivity contribution in [2.24, 2.45) is 5.92 Å². The fourth-order valence-electron chi connectivity index (χ4n) is 3.99. The third kappa shape index (κ3) is 3.63. The first-order valence-corrected chi connectivity index (χ1v) is 9.25. The monoisotopic (exact) mass is 328 g/mol. The van der Waals surface area contributed by atoms with Crippen LogP contribution < -0.4 is 4.90 Å². The van der Waals surface area contributed by atoms with Crippen molar-refractivity contribution in [1.29, 1.82) is 0 Å². The predicted molar refractivity (Wildman–Crippen MR) is 96.6 cm³/mol. The second-order valence-corrected chi connectivity index (χ2v) is 7.08. The fourth-order valence-corrected chi connectivity index (χ4v) is 3.99. The summed E-state index contributed by atoms with van der Waals surface area (Å²) >= 11 is 0. The summed E-state index contributed by atoms with van der Waals surface area (Å²) in [5.74, 6) is 1.01. The van der Waals surface area contributed by atoms with Gasteiger partial charge in [0.05, 0.1) is 0 Å². The van der Waals surface area contributed by atoms with Crippen LogP contribution in [0.5, 0.6) is 0 Å². The maximum atomic E-state index is 12.5. The highest BCUT2D eigenvalue weighted by Crippen LogP contribution is 2.29. The first-order valence-electron chi connectivity index (χ1n) is 9.25. The lowest BCUT2D eigenvalue weighted by atomic mass is 9.90. The number of benzene rings is 1. The van der Waals surface area contributed by atoms with Gasteiger partial charge in [-0.15, -0.1) is 0 Å². The van der Waals surface area contributed by atoms with E-state index in [-0.39, 0.29) is 11.7 Å². The van der Waals surface area contributed by atoms with E-state index in [9.17, 15) is 9.59 Å². The summed E-state index contributed by atoms with van der Waals surface area (Å²) in [5.41, 5.74) is 3.48. The fraction of sp³-hybridized carbons (Fsp3) is 0.600. The number of amides is 1. The molecule has 2 heterocycles. The lowest BCUT2D eigenvalue weighted by Gasteiger charge is -2.31. The van der Waals surface area contributed by atoms with Gasteiger partial charge in [-0.1, -0.05) is 0 Å². The molecule has 1 aromatic rings. The summed E-state index contributed by atoms with van der Waals surface area (Å²) in [6.45, 7) is 7.60. The second-order valence-electron chi connectivity index (χ2n) is 7.08. The minimum Gasteiger partial charge on any atom is -0.371 e. The molecule has 24 heavy (non-hydrogen) atoms. The molecule has 0 aromatic heterocycles. The van der Waals surface area contributed by atoms with Crippen molar-refractivity contribution < 1.29 is 9.59 Å². The molecule has 4 heteroatoms. The van der Waals surface area contributed by atoms with Crippen molar-refractivity contribution >= 4 is 17.4 Å². The van der Waals surface area contributed by atoms with Crippen molar-refractivity contribution in [3.63, 3.8) is 0 Å². The quantitative estimate of drug-likeness (QED) is 0.779. The molecular formula is C20H28N2O2. The van der Waals surface area contributed by atoms with Gasteiger partial charge in [0, 0.05) is 50.8 Å². The second kappa shape index (κ2) is 7.37. The SMILES string of the molecule is CCN1CCc2cc(C(=O)CCC3CCN(C(C)=O)CC3)ccc21. The van der Waals surface area contributed by atoms with Gasteiger partial charge in [-0.25, -0.2) is 0 Å². The van der Waals surface area contributed by atoms with E-state index in [0.717, 1.165) is 57.4 Å². The van der Waals surface area contributed by atoms with Gasteiger partial charge in [0.25, 0.3) is 0 Å². The number of hydrogen-bond acceptors (Lipinski definition) is 3. The topological polar surface area (TPSA) is 40.6 Å². The van der Waals surface area contributed by atoms with Crippen molar-refractivity contribution in [3.05, 3.63) is 29.3 Å². The Morgan fingerprint density at radius 1 is 1.17 bits per heavy atom. The number of carbonyl (C=O) groups excluding carboxylic acids is 2. The molecule has 0 spiro atoms. The van der Waals surface area contributed by atoms with Gasteiger partial charge in [0.1, 0.15) is 0 Å². The van der Waals surface area contributed by atoms with E-state index in [4.69, 9.17) is 0 Å². The molecule has 3 rings (SSSR count). The minimum absolute atomic E-state index is 0.170. The molecule has 0 saturated carbocycles. The summed E-state index contributed by atoms with van der Waals surface area (Å²) in [4.78, 5) is 28.2. The lowest BCUT2D eigenvalue weighted by molar-refractivity contribution is -0.130. The van der Waals surface area contributed by atoms with Crippen LogP contribution in [0.15, 0.2) is 18.2 Å². The molecule has 1 saturated heterocycles. The number of Topliss-reactive ketones (excluding diaryl/α,β-unsaturated/α-hetero) is 1. The van der Waals surface area contributed by atoms with Gasteiger partial charge in [0.15, 0.2) is 5.78 Å². The zero-order chi connectivity index (χ0) is 17.1. The number of hydrogen-bond donors (Lipinski definition) is 0. The maximum absolute atomic E-state index is 12.5. The van der Waals surface area contributed by atoms with Crippen molar-refractivity contribution in [3.8, 4) is 0 Å². The maximum Gasteiger partial charge on any atom is 0.219 e. The van der Waals surface area contributed by atoms with E-state index in [1.807, 2.05) is 11.0 Å². The smallest absolute Gasteiger partial charge is 0.219 e. The number of ketones is 1. The Morgan fingerprint density at radius 3 is 2.58 bits per heavy atom. The highest BCUT2D eigenvalue weighted by atomic mass is 16.2. The van der Waals surface area contributed by atoms with Crippen molar-refractivity contribution in [1.82, 2.24) is 4.90 Å². The van der Waals surface area contributed by atoms with Crippen molar-refractivity contribution in [2.45, 2.75) is 46.0 Å². The van der Waals surface area contributed by atoms with Crippen LogP contribution in [0.25, 0.3) is 0 Å². The van der Waals surface area contributed by atoms with Gasteiger partial charge < -0.3 is 9.80 Å². The van der Waals surface area contributed by atoms with Crippen LogP contribution in [0.3, 0.4) is 0 Å². The van der Waals surface area contributed by atoms with Crippen LogP contribution >= 0.6 is 0 Å². The van der Waals surface area contributed by atoms with E-state index in [1.165, 1.54) is 11.3 Å². The summed E-state index contributed by atoms with van der Waals surface area (Å²) in [7, 11) is 0. The molecule has 0 radical (unpaired) electrons. The van der Waals surface area contributed by atoms with Crippen LogP contribution in [0.2, 0.25) is 0 Å². The van der Waals surface area contributed by atoms with E-state index in [0.29, 0.717) is 12.3 Å². The number of rotatable bonds is 5. The first kappa shape index (κ1) is 17.0. The molecule has 2 aliphatic heterocycles.